The van der Waals surface area contributed by atoms with Gasteiger partial charge in [-0.3, -0.25) is 0 Å². The molecule has 5 heteroatoms. The van der Waals surface area contributed by atoms with E-state index in [0.717, 1.165) is 18.7 Å². The Bertz CT molecular complexity index is 570. The second-order valence-corrected chi connectivity index (χ2v) is 5.61. The molecule has 2 heterocycles. The van der Waals surface area contributed by atoms with Crippen LogP contribution in [0.1, 0.15) is 61.5 Å². The van der Waals surface area contributed by atoms with Crippen molar-refractivity contribution in [1.29, 1.82) is 0 Å². The number of rotatable bonds is 3. The molecule has 2 aromatic rings. The normalized spacial score (nSPS) is 18.8. The van der Waals surface area contributed by atoms with Crippen molar-refractivity contribution in [2.24, 2.45) is 5.73 Å². The first-order chi connectivity index (χ1) is 9.13. The van der Waals surface area contributed by atoms with E-state index in [4.69, 9.17) is 10.3 Å². The van der Waals surface area contributed by atoms with E-state index in [1.54, 1.807) is 0 Å². The molecule has 2 aromatic heterocycles. The summed E-state index contributed by atoms with van der Waals surface area (Å²) in [5, 5.41) is 3.98. The lowest BCUT2D eigenvalue weighted by atomic mass is 9.92. The Labute approximate surface area is 112 Å². The molecular weight excluding hydrogens is 240 g/mol. The number of hydrogen-bond acceptors (Lipinski definition) is 4. The van der Waals surface area contributed by atoms with Crippen LogP contribution < -0.4 is 5.73 Å². The van der Waals surface area contributed by atoms with Crippen LogP contribution in [-0.4, -0.2) is 14.7 Å². The van der Waals surface area contributed by atoms with E-state index in [9.17, 15) is 0 Å². The minimum atomic E-state index is 0.180. The smallest absolute Gasteiger partial charge is 0.246 e. The van der Waals surface area contributed by atoms with Gasteiger partial charge in [0.1, 0.15) is 6.54 Å². The fourth-order valence-corrected chi connectivity index (χ4v) is 2.60. The number of nitrogens with two attached hydrogens (primary N) is 1. The molecule has 19 heavy (non-hydrogen) atoms. The fourth-order valence-electron chi connectivity index (χ4n) is 2.60. The predicted octanol–water partition coefficient (Wildman–Crippen LogP) is 2.38. The van der Waals surface area contributed by atoms with Crippen LogP contribution >= 0.6 is 0 Å². The highest BCUT2D eigenvalue weighted by Gasteiger charge is 2.19. The molecule has 1 unspecified atom stereocenters. The Morgan fingerprint density at radius 1 is 1.47 bits per heavy atom. The number of aryl methyl sites for hydroxylation is 1. The van der Waals surface area contributed by atoms with Crippen molar-refractivity contribution in [3.8, 4) is 0 Å². The third kappa shape index (κ3) is 2.42. The molecule has 0 fully saturated rings. The summed E-state index contributed by atoms with van der Waals surface area (Å²) in [6.07, 6.45) is 7.66. The predicted molar refractivity (Wildman–Crippen MR) is 71.8 cm³/mol. The molecule has 2 N–H and O–H groups in total. The molecule has 1 aliphatic carbocycles. The van der Waals surface area contributed by atoms with Crippen LogP contribution in [-0.2, 0) is 13.0 Å². The van der Waals surface area contributed by atoms with Gasteiger partial charge in [-0.05, 0) is 30.4 Å². The Morgan fingerprint density at radius 3 is 3.00 bits per heavy atom. The summed E-state index contributed by atoms with van der Waals surface area (Å²) in [7, 11) is 0. The van der Waals surface area contributed by atoms with Crippen molar-refractivity contribution in [1.82, 2.24) is 14.7 Å². The largest absolute Gasteiger partial charge is 0.344 e. The molecule has 0 saturated carbocycles. The molecule has 102 valence electrons. The first kappa shape index (κ1) is 12.4. The van der Waals surface area contributed by atoms with Crippen LogP contribution in [0.3, 0.4) is 0 Å². The Balaban J connectivity index is 1.79. The second-order valence-electron chi connectivity index (χ2n) is 5.61. The molecule has 0 amide bonds. The van der Waals surface area contributed by atoms with E-state index in [1.165, 1.54) is 17.5 Å². The summed E-state index contributed by atoms with van der Waals surface area (Å²) in [5.41, 5.74) is 8.77. The molecule has 1 atom stereocenters. The molecule has 0 radical (unpaired) electrons. The average molecular weight is 260 g/mol. The van der Waals surface area contributed by atoms with E-state index in [0.29, 0.717) is 18.4 Å². The molecule has 0 aromatic carbocycles. The Hall–Kier alpha value is -1.62. The number of hydrogen-bond donors (Lipinski definition) is 1. The summed E-state index contributed by atoms with van der Waals surface area (Å²) in [4.78, 5) is 4.40. The Kier molecular flexibility index (Phi) is 3.14. The number of aromatic nitrogens is 3. The Morgan fingerprint density at radius 2 is 2.32 bits per heavy atom. The van der Waals surface area contributed by atoms with E-state index in [1.807, 2.05) is 0 Å². The van der Waals surface area contributed by atoms with Gasteiger partial charge >= 0.3 is 0 Å². The fraction of sp³-hybridized carbons (Fsp3) is 0.571. The van der Waals surface area contributed by atoms with E-state index >= 15 is 0 Å². The van der Waals surface area contributed by atoms with Crippen LogP contribution in [0.4, 0.5) is 0 Å². The van der Waals surface area contributed by atoms with E-state index in [2.05, 4.69) is 40.9 Å². The monoisotopic (exact) mass is 260 g/mol. The average Bonchev–Trinajstić information content (AvgIpc) is 2.96. The quantitative estimate of drug-likeness (QED) is 0.919. The van der Waals surface area contributed by atoms with Gasteiger partial charge in [0.25, 0.3) is 0 Å². The van der Waals surface area contributed by atoms with Crippen molar-refractivity contribution in [2.45, 2.75) is 51.6 Å². The van der Waals surface area contributed by atoms with Crippen LogP contribution in [0.5, 0.6) is 0 Å². The lowest BCUT2D eigenvalue weighted by Gasteiger charge is -2.17. The lowest BCUT2D eigenvalue weighted by Crippen LogP contribution is -2.15. The van der Waals surface area contributed by atoms with Gasteiger partial charge in [-0.15, -0.1) is 0 Å². The van der Waals surface area contributed by atoms with Crippen molar-refractivity contribution < 1.29 is 4.52 Å². The van der Waals surface area contributed by atoms with Gasteiger partial charge in [0.05, 0.1) is 0 Å². The first-order valence-corrected chi connectivity index (χ1v) is 6.90. The third-order valence-electron chi connectivity index (χ3n) is 3.68. The minimum Gasteiger partial charge on any atom is -0.344 e. The van der Waals surface area contributed by atoms with Crippen LogP contribution in [0.25, 0.3) is 0 Å². The highest BCUT2D eigenvalue weighted by molar-refractivity contribution is 5.30. The van der Waals surface area contributed by atoms with Gasteiger partial charge in [0.15, 0.2) is 5.82 Å². The standard InChI is InChI=1S/C14H20N4O/c1-9(2)14-16-13(19-17-14)8-18-6-10-4-3-5-12(15)11(10)7-18/h6-7,9,12H,3-5,8,15H2,1-2H3. The maximum Gasteiger partial charge on any atom is 0.246 e. The summed E-state index contributed by atoms with van der Waals surface area (Å²) in [5.74, 6) is 1.72. The zero-order valence-corrected chi connectivity index (χ0v) is 11.5. The van der Waals surface area contributed by atoms with Gasteiger partial charge in [-0.1, -0.05) is 19.0 Å². The lowest BCUT2D eigenvalue weighted by molar-refractivity contribution is 0.364. The third-order valence-corrected chi connectivity index (χ3v) is 3.68. The minimum absolute atomic E-state index is 0.180. The molecule has 1 aliphatic rings. The molecule has 0 bridgehead atoms. The molecule has 0 spiro atoms. The summed E-state index contributed by atoms with van der Waals surface area (Å²) in [6, 6.07) is 0.180. The molecule has 0 aliphatic heterocycles. The van der Waals surface area contributed by atoms with Crippen molar-refractivity contribution in [3.63, 3.8) is 0 Å². The first-order valence-electron chi connectivity index (χ1n) is 6.90. The zero-order valence-electron chi connectivity index (χ0n) is 11.5. The van der Waals surface area contributed by atoms with Gasteiger partial charge in [-0.2, -0.15) is 4.98 Å². The maximum atomic E-state index is 6.13. The summed E-state index contributed by atoms with van der Waals surface area (Å²) in [6.45, 7) is 4.74. The van der Waals surface area contributed by atoms with Crippen molar-refractivity contribution >= 4 is 0 Å². The van der Waals surface area contributed by atoms with E-state index < -0.39 is 0 Å². The van der Waals surface area contributed by atoms with Gasteiger partial charge < -0.3 is 14.8 Å². The zero-order chi connectivity index (χ0) is 13.4. The topological polar surface area (TPSA) is 69.9 Å². The second kappa shape index (κ2) is 4.81. The van der Waals surface area contributed by atoms with E-state index in [-0.39, 0.29) is 6.04 Å². The highest BCUT2D eigenvalue weighted by Crippen LogP contribution is 2.28. The summed E-state index contributed by atoms with van der Waals surface area (Å²) >= 11 is 0. The SMILES string of the molecule is CC(C)c1noc(Cn2cc3c(c2)C(N)CCC3)n1. The maximum absolute atomic E-state index is 6.13. The van der Waals surface area contributed by atoms with Crippen LogP contribution in [0, 0.1) is 0 Å². The molecule has 3 rings (SSSR count). The van der Waals surface area contributed by atoms with Gasteiger partial charge in [-0.25, -0.2) is 0 Å². The van der Waals surface area contributed by atoms with Crippen LogP contribution in [0.2, 0.25) is 0 Å². The van der Waals surface area contributed by atoms with Crippen LogP contribution in [0.15, 0.2) is 16.9 Å². The van der Waals surface area contributed by atoms with Gasteiger partial charge in [0.2, 0.25) is 5.89 Å². The van der Waals surface area contributed by atoms with Crippen molar-refractivity contribution in [3.05, 3.63) is 35.2 Å². The number of fused-ring (bicyclic) bond motifs is 1. The van der Waals surface area contributed by atoms with Gasteiger partial charge in [0, 0.05) is 24.4 Å². The number of nitrogens with zero attached hydrogens (tertiary/aromatic N) is 3. The summed E-state index contributed by atoms with van der Waals surface area (Å²) < 4.78 is 7.38. The molecule has 0 saturated heterocycles. The van der Waals surface area contributed by atoms with Crippen molar-refractivity contribution in [2.75, 3.05) is 0 Å². The molecular formula is C14H20N4O. The highest BCUT2D eigenvalue weighted by atomic mass is 16.5. The molecule has 5 nitrogen and oxygen atoms in total.